The van der Waals surface area contributed by atoms with Crippen LogP contribution in [0.5, 0.6) is 0 Å². The fourth-order valence-electron chi connectivity index (χ4n) is 4.98. The van der Waals surface area contributed by atoms with Gasteiger partial charge in [0.1, 0.15) is 0 Å². The number of aromatic nitrogens is 1. The minimum absolute atomic E-state index is 0.170. The van der Waals surface area contributed by atoms with E-state index in [1.165, 1.54) is 16.3 Å². The lowest BCUT2D eigenvalue weighted by atomic mass is 9.81. The number of nitrogens with zero attached hydrogens (tertiary/aromatic N) is 2. The lowest BCUT2D eigenvalue weighted by Crippen LogP contribution is -2.21. The van der Waals surface area contributed by atoms with E-state index in [2.05, 4.69) is 52.8 Å². The Morgan fingerprint density at radius 3 is 2.42 bits per heavy atom. The molecule has 0 aliphatic heterocycles. The molecule has 0 fully saturated rings. The molecule has 5 aromatic rings. The fraction of sp³-hybridized carbons (Fsp3) is 0.129. The molecule has 1 atom stereocenters. The Labute approximate surface area is 209 Å². The number of hydrogen-bond donors (Lipinski definition) is 0. The molecule has 0 saturated carbocycles. The summed E-state index contributed by atoms with van der Waals surface area (Å²) in [6, 6.07) is 33.8. The highest BCUT2D eigenvalue weighted by atomic mass is 16.7. The predicted octanol–water partition coefficient (Wildman–Crippen LogP) is 6.71. The van der Waals surface area contributed by atoms with E-state index < -0.39 is 5.97 Å². The summed E-state index contributed by atoms with van der Waals surface area (Å²) in [5.41, 5.74) is 5.20. The molecule has 5 heteroatoms. The van der Waals surface area contributed by atoms with Crippen LogP contribution in [0.25, 0.3) is 10.8 Å². The Morgan fingerprint density at radius 2 is 1.58 bits per heavy atom. The van der Waals surface area contributed by atoms with Gasteiger partial charge in [-0.2, -0.15) is 0 Å². The average molecular weight is 473 g/mol. The second-order valence-electron chi connectivity index (χ2n) is 9.04. The topological polar surface area (TPSA) is 64.7 Å². The maximum absolute atomic E-state index is 12.6. The van der Waals surface area contributed by atoms with Gasteiger partial charge in [0.25, 0.3) is 0 Å². The first-order valence-electron chi connectivity index (χ1n) is 12.1. The molecule has 4 aromatic carbocycles. The molecule has 1 aliphatic carbocycles. The van der Waals surface area contributed by atoms with Gasteiger partial charge in [0.15, 0.2) is 5.76 Å². The fourth-order valence-corrected chi connectivity index (χ4v) is 4.98. The van der Waals surface area contributed by atoms with Gasteiger partial charge in [0.2, 0.25) is 0 Å². The number of oxime groups is 1. The van der Waals surface area contributed by atoms with E-state index in [0.29, 0.717) is 24.1 Å². The van der Waals surface area contributed by atoms with Crippen molar-refractivity contribution in [3.05, 3.63) is 137 Å². The highest BCUT2D eigenvalue weighted by Crippen LogP contribution is 2.35. The van der Waals surface area contributed by atoms with Crippen LogP contribution in [0.1, 0.15) is 50.8 Å². The second kappa shape index (κ2) is 9.62. The highest BCUT2D eigenvalue weighted by Gasteiger charge is 2.32. The zero-order valence-corrected chi connectivity index (χ0v) is 19.6. The second-order valence-corrected chi connectivity index (χ2v) is 9.04. The van der Waals surface area contributed by atoms with Crippen molar-refractivity contribution in [2.45, 2.75) is 25.2 Å². The molecule has 0 bridgehead atoms. The highest BCUT2D eigenvalue weighted by molar-refractivity contribution is 6.04. The molecule has 0 N–H and O–H groups in total. The predicted molar refractivity (Wildman–Crippen MR) is 139 cm³/mol. The first kappa shape index (κ1) is 22.0. The quantitative estimate of drug-likeness (QED) is 0.211. The van der Waals surface area contributed by atoms with E-state index in [1.807, 2.05) is 36.4 Å². The minimum atomic E-state index is -0.487. The van der Waals surface area contributed by atoms with Gasteiger partial charge < -0.3 is 9.36 Å². The van der Waals surface area contributed by atoms with Crippen molar-refractivity contribution in [3.63, 3.8) is 0 Å². The molecule has 36 heavy (non-hydrogen) atoms. The van der Waals surface area contributed by atoms with Crippen molar-refractivity contribution in [1.29, 1.82) is 0 Å². The normalized spacial score (nSPS) is 16.1. The van der Waals surface area contributed by atoms with Gasteiger partial charge in [-0.3, -0.25) is 0 Å². The third-order valence-electron chi connectivity index (χ3n) is 6.75. The van der Waals surface area contributed by atoms with Gasteiger partial charge in [-0.15, -0.1) is 0 Å². The molecule has 0 spiro atoms. The van der Waals surface area contributed by atoms with Crippen molar-refractivity contribution < 1.29 is 14.2 Å². The molecule has 0 radical (unpaired) electrons. The standard InChI is InChI=1S/C31H24N2O3/c34-31(23-13-5-2-6-14-23)36-33-28-19-25(21-10-3-1-4-11-21)18-27-30(28)29(35-32-27)20-24-16-9-15-22-12-7-8-17-26(22)24/h1-17,25H,18-20H2. The van der Waals surface area contributed by atoms with Crippen LogP contribution in [0.3, 0.4) is 0 Å². The molecule has 6 rings (SSSR count). The molecule has 5 nitrogen and oxygen atoms in total. The summed E-state index contributed by atoms with van der Waals surface area (Å²) in [6.07, 6.45) is 1.94. The number of benzene rings is 4. The number of fused-ring (bicyclic) bond motifs is 2. The third kappa shape index (κ3) is 4.31. The first-order valence-corrected chi connectivity index (χ1v) is 12.1. The van der Waals surface area contributed by atoms with Crippen LogP contribution in [0.2, 0.25) is 0 Å². The Kier molecular flexibility index (Phi) is 5.88. The Bertz CT molecular complexity index is 1550. The average Bonchev–Trinajstić information content (AvgIpc) is 3.35. The van der Waals surface area contributed by atoms with Crippen molar-refractivity contribution in [2.75, 3.05) is 0 Å². The van der Waals surface area contributed by atoms with Crippen LogP contribution < -0.4 is 0 Å². The lowest BCUT2D eigenvalue weighted by Gasteiger charge is -2.22. The molecule has 176 valence electrons. The molecule has 1 aliphatic rings. The van der Waals surface area contributed by atoms with Gasteiger partial charge in [-0.1, -0.05) is 101 Å². The van der Waals surface area contributed by atoms with Gasteiger partial charge in [0, 0.05) is 19.3 Å². The third-order valence-corrected chi connectivity index (χ3v) is 6.75. The SMILES string of the molecule is O=C(ON=C1CC(c2ccccc2)Cc2noc(Cc3cccc4ccccc34)c21)c1ccccc1. The summed E-state index contributed by atoms with van der Waals surface area (Å²) in [6.45, 7) is 0. The zero-order chi connectivity index (χ0) is 24.3. The van der Waals surface area contributed by atoms with Crippen molar-refractivity contribution in [1.82, 2.24) is 5.16 Å². The first-order chi connectivity index (χ1) is 17.8. The summed E-state index contributed by atoms with van der Waals surface area (Å²) < 4.78 is 5.91. The number of carbonyl (C=O) groups excluding carboxylic acids is 1. The summed E-state index contributed by atoms with van der Waals surface area (Å²) >= 11 is 0. The van der Waals surface area contributed by atoms with E-state index in [9.17, 15) is 4.79 Å². The Morgan fingerprint density at radius 1 is 0.861 bits per heavy atom. The summed E-state index contributed by atoms with van der Waals surface area (Å²) in [4.78, 5) is 18.1. The molecule has 1 heterocycles. The van der Waals surface area contributed by atoms with Gasteiger partial charge in [0.05, 0.1) is 22.5 Å². The van der Waals surface area contributed by atoms with E-state index in [0.717, 1.165) is 29.0 Å². The smallest absolute Gasteiger partial charge is 0.360 e. The Balaban J connectivity index is 1.37. The molecular weight excluding hydrogens is 448 g/mol. The van der Waals surface area contributed by atoms with Crippen molar-refractivity contribution in [3.8, 4) is 0 Å². The van der Waals surface area contributed by atoms with Gasteiger partial charge in [-0.05, 0) is 39.9 Å². The number of hydrogen-bond acceptors (Lipinski definition) is 5. The molecule has 0 amide bonds. The minimum Gasteiger partial charge on any atom is -0.360 e. The van der Waals surface area contributed by atoms with Crippen molar-refractivity contribution in [2.24, 2.45) is 5.16 Å². The zero-order valence-electron chi connectivity index (χ0n) is 19.6. The number of rotatable bonds is 5. The summed E-state index contributed by atoms with van der Waals surface area (Å²) in [7, 11) is 0. The molecule has 1 aromatic heterocycles. The largest absolute Gasteiger partial charge is 0.365 e. The van der Waals surface area contributed by atoms with Crippen LogP contribution in [0, 0.1) is 0 Å². The maximum Gasteiger partial charge on any atom is 0.365 e. The van der Waals surface area contributed by atoms with E-state index in [4.69, 9.17) is 9.36 Å². The van der Waals surface area contributed by atoms with Crippen molar-refractivity contribution >= 4 is 22.5 Å². The number of carbonyl (C=O) groups is 1. The monoisotopic (exact) mass is 472 g/mol. The summed E-state index contributed by atoms with van der Waals surface area (Å²) in [5.74, 6) is 0.421. The van der Waals surface area contributed by atoms with Crippen LogP contribution >= 0.6 is 0 Å². The van der Waals surface area contributed by atoms with E-state index in [-0.39, 0.29) is 5.92 Å². The lowest BCUT2D eigenvalue weighted by molar-refractivity contribution is 0.0515. The van der Waals surface area contributed by atoms with E-state index in [1.54, 1.807) is 24.3 Å². The van der Waals surface area contributed by atoms with E-state index >= 15 is 0 Å². The van der Waals surface area contributed by atoms with Crippen LogP contribution in [0.4, 0.5) is 0 Å². The molecule has 1 unspecified atom stereocenters. The maximum atomic E-state index is 12.6. The van der Waals surface area contributed by atoms with Crippen LogP contribution in [-0.2, 0) is 17.7 Å². The molecule has 0 saturated heterocycles. The van der Waals surface area contributed by atoms with Crippen LogP contribution in [-0.4, -0.2) is 16.8 Å². The van der Waals surface area contributed by atoms with Crippen LogP contribution in [0.15, 0.2) is 113 Å². The van der Waals surface area contributed by atoms with Gasteiger partial charge in [-0.25, -0.2) is 4.79 Å². The van der Waals surface area contributed by atoms with Gasteiger partial charge >= 0.3 is 5.97 Å². The Hall–Kier alpha value is -4.51. The summed E-state index contributed by atoms with van der Waals surface area (Å²) in [5, 5.41) is 11.2. The molecular formula is C31H24N2O3.